The third kappa shape index (κ3) is 7.84. The Morgan fingerprint density at radius 2 is 1.56 bits per heavy atom. The zero-order valence-electron chi connectivity index (χ0n) is 24.7. The molecule has 7 nitrogen and oxygen atoms in total. The number of hydrogen-bond donors (Lipinski definition) is 0. The van der Waals surface area contributed by atoms with Crippen LogP contribution in [0.1, 0.15) is 34.0 Å². The summed E-state index contributed by atoms with van der Waals surface area (Å²) in [5.74, 6) is 1.72. The second-order valence-electron chi connectivity index (χ2n) is 11.4. The Morgan fingerprint density at radius 1 is 0.976 bits per heavy atom. The number of carbonyl (C=O) groups excluding carboxylic acids is 1. The Hall–Kier alpha value is -3.48. The molecule has 0 radical (unpaired) electrons. The van der Waals surface area contributed by atoms with Crippen molar-refractivity contribution in [1.82, 2.24) is 0 Å². The third-order valence-corrected chi connectivity index (χ3v) is 10.4. The number of para-hydroxylation sites is 2. The van der Waals surface area contributed by atoms with Crippen LogP contribution in [0.25, 0.3) is 0 Å². The van der Waals surface area contributed by atoms with Gasteiger partial charge in [0, 0.05) is 19.2 Å². The van der Waals surface area contributed by atoms with Crippen LogP contribution in [0.4, 0.5) is 0 Å². The maximum Gasteiger partial charge on any atom is 0.434 e. The fourth-order valence-corrected chi connectivity index (χ4v) is 7.15. The summed E-state index contributed by atoms with van der Waals surface area (Å²) in [6, 6.07) is 19.0. The summed E-state index contributed by atoms with van der Waals surface area (Å²) >= 11 is 0. The molecule has 9 heteroatoms. The largest absolute Gasteiger partial charge is 0.496 e. The molecule has 1 aliphatic rings. The Bertz CT molecular complexity index is 1400. The first kappa shape index (κ1) is 30.5. The van der Waals surface area contributed by atoms with Gasteiger partial charge in [-0.1, -0.05) is 67.7 Å². The zero-order chi connectivity index (χ0) is 29.6. The first-order chi connectivity index (χ1) is 19.5. The van der Waals surface area contributed by atoms with Gasteiger partial charge in [0.05, 0.1) is 19.9 Å². The van der Waals surface area contributed by atoms with Crippen molar-refractivity contribution in [3.05, 3.63) is 94.6 Å². The molecule has 1 heterocycles. The smallest absolute Gasteiger partial charge is 0.434 e. The first-order valence-electron chi connectivity index (χ1n) is 13.8. The van der Waals surface area contributed by atoms with E-state index in [1.54, 1.807) is 31.4 Å². The van der Waals surface area contributed by atoms with Crippen molar-refractivity contribution in [1.29, 1.82) is 0 Å². The molecule has 218 valence electrons. The number of allylic oxidation sites excluding steroid dienone is 2. The zero-order valence-corrected chi connectivity index (χ0v) is 26.6. The summed E-state index contributed by atoms with van der Waals surface area (Å²) in [6.45, 7) is 11.4. The highest BCUT2D eigenvalue weighted by Gasteiger charge is 2.34. The van der Waals surface area contributed by atoms with E-state index >= 15 is 0 Å². The molecule has 0 N–H and O–H groups in total. The molecule has 41 heavy (non-hydrogen) atoms. The van der Waals surface area contributed by atoms with Crippen molar-refractivity contribution in [2.75, 3.05) is 19.9 Å². The van der Waals surface area contributed by atoms with Gasteiger partial charge in [-0.05, 0) is 56.1 Å². The van der Waals surface area contributed by atoms with Crippen molar-refractivity contribution in [2.45, 2.75) is 52.6 Å². The van der Waals surface area contributed by atoms with Gasteiger partial charge < -0.3 is 23.3 Å². The molecule has 4 rings (SSSR count). The second kappa shape index (κ2) is 13.0. The fourth-order valence-electron chi connectivity index (χ4n) is 4.64. The van der Waals surface area contributed by atoms with Gasteiger partial charge in [0.2, 0.25) is 0 Å². The molecule has 0 unspecified atom stereocenters. The normalized spacial score (nSPS) is 13.4. The van der Waals surface area contributed by atoms with Gasteiger partial charge >= 0.3 is 13.6 Å². The minimum Gasteiger partial charge on any atom is -0.496 e. The number of esters is 1. The topological polar surface area (TPSA) is 80.3 Å². The molecule has 0 saturated carbocycles. The van der Waals surface area contributed by atoms with Gasteiger partial charge in [-0.15, -0.1) is 0 Å². The van der Waals surface area contributed by atoms with E-state index in [9.17, 15) is 9.36 Å². The number of methoxy groups -OCH3 is 1. The number of fused-ring (bicyclic) bond motifs is 1. The quantitative estimate of drug-likeness (QED) is 0.0853. The second-order valence-corrected chi connectivity index (χ2v) is 18.9. The van der Waals surface area contributed by atoms with E-state index in [0.717, 1.165) is 28.3 Å². The molecule has 0 bridgehead atoms. The first-order valence-corrected chi connectivity index (χ1v) is 19.2. The van der Waals surface area contributed by atoms with E-state index in [1.807, 2.05) is 56.3 Å². The van der Waals surface area contributed by atoms with Crippen molar-refractivity contribution in [3.8, 4) is 23.0 Å². The van der Waals surface area contributed by atoms with E-state index in [4.69, 9.17) is 23.3 Å². The summed E-state index contributed by atoms with van der Waals surface area (Å²) in [5, 5.41) is 0. The average molecular weight is 595 g/mol. The summed E-state index contributed by atoms with van der Waals surface area (Å²) in [7, 11) is -3.40. The van der Waals surface area contributed by atoms with Crippen LogP contribution in [0, 0.1) is 6.92 Å². The number of cyclic esters (lactones) is 1. The number of carbonyl (C=O) groups is 1. The van der Waals surface area contributed by atoms with E-state index < -0.39 is 15.7 Å². The maximum absolute atomic E-state index is 14.1. The van der Waals surface area contributed by atoms with E-state index in [0.29, 0.717) is 41.6 Å². The van der Waals surface area contributed by atoms with Crippen LogP contribution in [-0.4, -0.2) is 33.9 Å². The van der Waals surface area contributed by atoms with Gasteiger partial charge in [-0.2, -0.15) is 0 Å². The van der Waals surface area contributed by atoms with Crippen LogP contribution in [0.5, 0.6) is 23.0 Å². The Morgan fingerprint density at radius 3 is 2.10 bits per heavy atom. The summed E-state index contributed by atoms with van der Waals surface area (Å²) in [4.78, 5) is 12.8. The minimum atomic E-state index is -3.64. The Labute approximate surface area is 244 Å². The average Bonchev–Trinajstić information content (AvgIpc) is 3.30. The van der Waals surface area contributed by atoms with Crippen LogP contribution in [0.3, 0.4) is 0 Å². The predicted molar refractivity (Wildman–Crippen MR) is 165 cm³/mol. The lowest BCUT2D eigenvalue weighted by molar-refractivity contribution is 0.0532. The highest BCUT2D eigenvalue weighted by molar-refractivity contribution is 7.54. The lowest BCUT2D eigenvalue weighted by Crippen LogP contribution is -2.23. The van der Waals surface area contributed by atoms with E-state index in [-0.39, 0.29) is 18.7 Å². The highest BCUT2D eigenvalue weighted by Crippen LogP contribution is 2.50. The molecular formula is C32H39O7PSi. The molecule has 0 amide bonds. The Balaban J connectivity index is 1.66. The van der Waals surface area contributed by atoms with Gasteiger partial charge in [0.15, 0.2) is 0 Å². The van der Waals surface area contributed by atoms with E-state index in [2.05, 4.69) is 19.6 Å². The molecule has 3 aromatic rings. The molecule has 3 aromatic carbocycles. The lowest BCUT2D eigenvalue weighted by Gasteiger charge is -2.22. The molecule has 0 aliphatic carbocycles. The van der Waals surface area contributed by atoms with Crippen molar-refractivity contribution in [2.24, 2.45) is 0 Å². The monoisotopic (exact) mass is 594 g/mol. The molecular weight excluding hydrogens is 555 g/mol. The number of hydrogen-bond acceptors (Lipinski definition) is 7. The lowest BCUT2D eigenvalue weighted by atomic mass is 9.95. The molecule has 1 aliphatic heterocycles. The van der Waals surface area contributed by atoms with Crippen molar-refractivity contribution < 1.29 is 32.6 Å². The summed E-state index contributed by atoms with van der Waals surface area (Å²) < 4.78 is 43.6. The SMILES string of the molecule is COc1c(C)c2c(c(OCC[Si](C)(C)C)c1C/C=C(\C)CP(=O)(Oc1ccccc1)Oc1ccccc1)C(=O)OC2. The Kier molecular flexibility index (Phi) is 9.67. The number of ether oxygens (including phenoxy) is 3. The van der Waals surface area contributed by atoms with Gasteiger partial charge in [-0.3, -0.25) is 0 Å². The number of benzene rings is 3. The van der Waals surface area contributed by atoms with Gasteiger partial charge in [0.1, 0.15) is 35.2 Å². The fraction of sp³-hybridized carbons (Fsp3) is 0.344. The van der Waals surface area contributed by atoms with Crippen LogP contribution >= 0.6 is 7.60 Å². The molecule has 0 spiro atoms. The third-order valence-electron chi connectivity index (χ3n) is 6.80. The molecule has 0 saturated heterocycles. The molecule has 0 atom stereocenters. The van der Waals surface area contributed by atoms with E-state index in [1.165, 1.54) is 0 Å². The number of rotatable bonds is 13. The molecule has 0 fully saturated rings. The minimum absolute atomic E-state index is 0.0664. The standard InChI is InChI=1S/C32H39O7PSi/c1-23(22-40(34,38-25-13-9-7-10-14-25)39-26-15-11-8-12-16-26)17-18-27-30(35-3)24(2)28-21-37-32(33)29(28)31(27)36-19-20-41(4,5)6/h7-17H,18-22H2,1-6H3/b23-17+. The predicted octanol–water partition coefficient (Wildman–Crippen LogP) is 8.23. The highest BCUT2D eigenvalue weighted by atomic mass is 31.2. The van der Waals surface area contributed by atoms with Gasteiger partial charge in [0.25, 0.3) is 0 Å². The van der Waals surface area contributed by atoms with Crippen LogP contribution in [0.15, 0.2) is 72.3 Å². The van der Waals surface area contributed by atoms with Crippen LogP contribution in [-0.2, 0) is 22.3 Å². The van der Waals surface area contributed by atoms with Crippen LogP contribution in [0.2, 0.25) is 25.7 Å². The van der Waals surface area contributed by atoms with Crippen molar-refractivity contribution in [3.63, 3.8) is 0 Å². The maximum atomic E-state index is 14.1. The van der Waals surface area contributed by atoms with Gasteiger partial charge in [-0.25, -0.2) is 9.36 Å². The van der Waals surface area contributed by atoms with Crippen LogP contribution < -0.4 is 18.5 Å². The summed E-state index contributed by atoms with van der Waals surface area (Å²) in [6.07, 6.45) is 2.43. The van der Waals surface area contributed by atoms with Crippen molar-refractivity contribution >= 4 is 21.6 Å². The molecule has 0 aromatic heterocycles. The summed E-state index contributed by atoms with van der Waals surface area (Å²) in [5.41, 5.74) is 3.70.